The molecule has 56 heavy (non-hydrogen) atoms. The van der Waals surface area contributed by atoms with Crippen molar-refractivity contribution in [3.05, 3.63) is 162 Å². The molecule has 3 nitrogen and oxygen atoms in total. The van der Waals surface area contributed by atoms with Gasteiger partial charge in [-0.1, -0.05) is 124 Å². The molecular formula is C53H71N3. The number of hydrogen-bond donors (Lipinski definition) is 0. The van der Waals surface area contributed by atoms with Gasteiger partial charge in [0.25, 0.3) is 0 Å². The highest BCUT2D eigenvalue weighted by atomic mass is 15.2. The molecule has 0 spiro atoms. The molecule has 2 aliphatic rings. The van der Waals surface area contributed by atoms with Gasteiger partial charge in [-0.25, -0.2) is 0 Å². The molecule has 1 heterocycles. The summed E-state index contributed by atoms with van der Waals surface area (Å²) in [7, 11) is 2.21. The van der Waals surface area contributed by atoms with Gasteiger partial charge in [0, 0.05) is 54.1 Å². The molecule has 0 aromatic rings. The lowest BCUT2D eigenvalue weighted by Gasteiger charge is -2.33. The Morgan fingerprint density at radius 2 is 1.84 bits per heavy atom. The van der Waals surface area contributed by atoms with E-state index in [1.54, 1.807) is 0 Å². The van der Waals surface area contributed by atoms with E-state index in [0.717, 1.165) is 80.6 Å². The summed E-state index contributed by atoms with van der Waals surface area (Å²) in [6.07, 6.45) is 44.8. The van der Waals surface area contributed by atoms with Gasteiger partial charge in [-0.3, -0.25) is 4.90 Å². The van der Waals surface area contributed by atoms with Crippen molar-refractivity contribution in [1.82, 2.24) is 14.7 Å². The van der Waals surface area contributed by atoms with E-state index < -0.39 is 5.41 Å². The average Bonchev–Trinajstić information content (AvgIpc) is 3.38. The first-order valence-corrected chi connectivity index (χ1v) is 20.7. The van der Waals surface area contributed by atoms with Crippen LogP contribution in [0.25, 0.3) is 0 Å². The summed E-state index contributed by atoms with van der Waals surface area (Å²) in [5, 5.41) is 0. The van der Waals surface area contributed by atoms with Crippen LogP contribution in [0.2, 0.25) is 0 Å². The molecule has 298 valence electrons. The Balaban J connectivity index is 2.59. The summed E-state index contributed by atoms with van der Waals surface area (Å²) < 4.78 is 0. The monoisotopic (exact) mass is 750 g/mol. The Morgan fingerprint density at radius 1 is 1.07 bits per heavy atom. The lowest BCUT2D eigenvalue weighted by Crippen LogP contribution is -2.34. The molecule has 0 bridgehead atoms. The number of unbranched alkanes of at least 4 members (excludes halogenated alkanes) is 2. The second kappa shape index (κ2) is 26.0. The van der Waals surface area contributed by atoms with E-state index in [9.17, 15) is 0 Å². The maximum atomic E-state index is 4.66. The fourth-order valence-corrected chi connectivity index (χ4v) is 6.12. The van der Waals surface area contributed by atoms with Crippen LogP contribution in [0.5, 0.6) is 0 Å². The predicted octanol–water partition coefficient (Wildman–Crippen LogP) is 13.6. The molecule has 0 aromatic heterocycles. The Hall–Kier alpha value is -4.92. The SMILES string of the molecule is C=C/C(C)=C\C/C=C/N(C(=CCC)/C=C\C(=C)C1(C)C=CC=C(N(C(=C=CCC)/C=C\CCC)C(C)C#CCCC#CC)C=C1)/C1=C(\C)C/C=C/C(C)N(C)C1. The van der Waals surface area contributed by atoms with Crippen LogP contribution in [0.1, 0.15) is 114 Å². The van der Waals surface area contributed by atoms with Gasteiger partial charge in [0.05, 0.1) is 11.7 Å². The predicted molar refractivity (Wildman–Crippen MR) is 247 cm³/mol. The highest BCUT2D eigenvalue weighted by Crippen LogP contribution is 2.35. The number of likely N-dealkylation sites (N-methyl/N-ethyl adjacent to an activating group) is 1. The summed E-state index contributed by atoms with van der Waals surface area (Å²) >= 11 is 0. The van der Waals surface area contributed by atoms with Gasteiger partial charge in [0.1, 0.15) is 0 Å². The lowest BCUT2D eigenvalue weighted by molar-refractivity contribution is 0.297. The van der Waals surface area contributed by atoms with Crippen molar-refractivity contribution in [1.29, 1.82) is 0 Å². The fourth-order valence-electron chi connectivity index (χ4n) is 6.12. The van der Waals surface area contributed by atoms with Gasteiger partial charge in [0.15, 0.2) is 0 Å². The van der Waals surface area contributed by atoms with Crippen LogP contribution >= 0.6 is 0 Å². The minimum absolute atomic E-state index is 0.0686. The number of rotatable bonds is 18. The van der Waals surface area contributed by atoms with Crippen LogP contribution in [0, 0.1) is 29.1 Å². The molecule has 3 unspecified atom stereocenters. The van der Waals surface area contributed by atoms with Crippen molar-refractivity contribution in [2.45, 2.75) is 126 Å². The van der Waals surface area contributed by atoms with Crippen LogP contribution in [-0.4, -0.2) is 40.4 Å². The number of allylic oxidation sites excluding steroid dienone is 17. The summed E-state index contributed by atoms with van der Waals surface area (Å²) in [5.41, 5.74) is 11.2. The summed E-state index contributed by atoms with van der Waals surface area (Å²) in [6, 6.07) is 0.289. The molecule has 3 atom stereocenters. The summed E-state index contributed by atoms with van der Waals surface area (Å²) in [5.74, 6) is 13.0. The minimum Gasteiger partial charge on any atom is -0.321 e. The van der Waals surface area contributed by atoms with Crippen LogP contribution in [-0.2, 0) is 0 Å². The average molecular weight is 750 g/mol. The third-order valence-corrected chi connectivity index (χ3v) is 9.99. The first-order valence-electron chi connectivity index (χ1n) is 20.7. The zero-order valence-electron chi connectivity index (χ0n) is 36.6. The third kappa shape index (κ3) is 15.7. The van der Waals surface area contributed by atoms with E-state index in [1.165, 1.54) is 16.8 Å². The van der Waals surface area contributed by atoms with Crippen LogP contribution in [0.15, 0.2) is 162 Å². The maximum Gasteiger partial charge on any atom is 0.0930 e. The first kappa shape index (κ1) is 47.2. The molecule has 0 radical (unpaired) electrons. The zero-order chi connectivity index (χ0) is 41.3. The Morgan fingerprint density at radius 3 is 2.54 bits per heavy atom. The smallest absolute Gasteiger partial charge is 0.0930 e. The Kier molecular flexibility index (Phi) is 22.0. The molecule has 1 aliphatic carbocycles. The largest absolute Gasteiger partial charge is 0.321 e. The van der Waals surface area contributed by atoms with Crippen molar-refractivity contribution < 1.29 is 0 Å². The number of nitrogens with zero attached hydrogens (tertiary/aromatic N) is 3. The molecule has 2 rings (SSSR count). The van der Waals surface area contributed by atoms with E-state index in [1.807, 2.05) is 13.0 Å². The second-order valence-corrected chi connectivity index (χ2v) is 14.7. The van der Waals surface area contributed by atoms with Gasteiger partial charge < -0.3 is 9.80 Å². The molecular weight excluding hydrogens is 679 g/mol. The van der Waals surface area contributed by atoms with E-state index in [4.69, 9.17) is 0 Å². The van der Waals surface area contributed by atoms with E-state index in [0.29, 0.717) is 6.04 Å². The molecule has 0 saturated carbocycles. The van der Waals surface area contributed by atoms with E-state index in [2.05, 4.69) is 217 Å². The third-order valence-electron chi connectivity index (χ3n) is 9.99. The quantitative estimate of drug-likeness (QED) is 0.0454. The molecule has 0 fully saturated rings. The molecule has 0 aromatic carbocycles. The lowest BCUT2D eigenvalue weighted by atomic mass is 9.82. The highest BCUT2D eigenvalue weighted by Gasteiger charge is 2.25. The molecule has 3 heteroatoms. The van der Waals surface area contributed by atoms with Gasteiger partial charge in [-0.15, -0.1) is 17.8 Å². The van der Waals surface area contributed by atoms with Crippen molar-refractivity contribution in [2.24, 2.45) is 5.41 Å². The first-order chi connectivity index (χ1) is 27.0. The normalized spacial score (nSPS) is 21.5. The van der Waals surface area contributed by atoms with E-state index >= 15 is 0 Å². The van der Waals surface area contributed by atoms with Crippen LogP contribution < -0.4 is 0 Å². The van der Waals surface area contributed by atoms with Crippen molar-refractivity contribution >= 4 is 0 Å². The number of hydrogen-bond acceptors (Lipinski definition) is 3. The molecule has 0 amide bonds. The zero-order valence-corrected chi connectivity index (χ0v) is 36.6. The standard InChI is InChI=1S/C53H71N3/c1-13-18-21-22-24-32-48(10)56(50(34-20-15-3)35-23-19-14-2)51-36-28-40-53(11,41-39-51)46(8)37-38-49(29-16-4)55(42-26-25-30-44(6)17-5)52-43-54(12)47(9)33-27-31-45(52)7/h17,20,23,26-30,33,35-42,47-48H,5,8,14-16,19,21-22,25,31,43H2,1-4,6-7,9-12H3/b33-27+,35-23-,38-37-,42-26+,44-30-,49-29?,52-45+. The maximum absolute atomic E-state index is 4.66. The minimum atomic E-state index is -0.407. The Bertz CT molecular complexity index is 1830. The van der Waals surface area contributed by atoms with Crippen LogP contribution in [0.3, 0.4) is 0 Å². The van der Waals surface area contributed by atoms with E-state index in [-0.39, 0.29) is 6.04 Å². The van der Waals surface area contributed by atoms with Crippen molar-refractivity contribution in [3.63, 3.8) is 0 Å². The van der Waals surface area contributed by atoms with Gasteiger partial charge >= 0.3 is 0 Å². The summed E-state index contributed by atoms with van der Waals surface area (Å²) in [4.78, 5) is 7.10. The van der Waals surface area contributed by atoms with Gasteiger partial charge in [-0.2, -0.15) is 0 Å². The highest BCUT2D eigenvalue weighted by molar-refractivity contribution is 5.44. The van der Waals surface area contributed by atoms with Gasteiger partial charge in [0.2, 0.25) is 0 Å². The Labute approximate surface area is 343 Å². The van der Waals surface area contributed by atoms with Gasteiger partial charge in [-0.05, 0) is 122 Å². The molecule has 0 saturated heterocycles. The summed E-state index contributed by atoms with van der Waals surface area (Å²) in [6.45, 7) is 28.9. The second-order valence-electron chi connectivity index (χ2n) is 14.7. The van der Waals surface area contributed by atoms with Crippen molar-refractivity contribution in [2.75, 3.05) is 13.6 Å². The topological polar surface area (TPSA) is 9.72 Å². The molecule has 0 N–H and O–H groups in total. The fraction of sp³-hybridized carbons (Fsp3) is 0.415. The molecule has 1 aliphatic heterocycles. The van der Waals surface area contributed by atoms with Crippen LogP contribution in [0.4, 0.5) is 0 Å². The van der Waals surface area contributed by atoms with Crippen molar-refractivity contribution in [3.8, 4) is 23.7 Å².